The van der Waals surface area contributed by atoms with Crippen molar-refractivity contribution in [1.29, 1.82) is 0 Å². The number of anilines is 2. The minimum atomic E-state index is 0.0786. The summed E-state index contributed by atoms with van der Waals surface area (Å²) in [5.74, 6) is 0.619. The van der Waals surface area contributed by atoms with Crippen molar-refractivity contribution in [3.05, 3.63) is 36.0 Å². The Hall–Kier alpha value is -2.69. The minimum absolute atomic E-state index is 0.0786. The number of thiazole rings is 1. The fourth-order valence-electron chi connectivity index (χ4n) is 3.23. The monoisotopic (exact) mass is 471 g/mol. The van der Waals surface area contributed by atoms with Crippen LogP contribution in [0.3, 0.4) is 0 Å². The number of aliphatic hydroxyl groups is 1. The first-order chi connectivity index (χ1) is 16.0. The molecule has 0 aliphatic rings. The predicted octanol–water partition coefficient (Wildman–Crippen LogP) is 4.21. The summed E-state index contributed by atoms with van der Waals surface area (Å²) in [6.07, 6.45) is 9.81. The van der Waals surface area contributed by atoms with Gasteiger partial charge in [-0.05, 0) is 39.8 Å². The average molecular weight is 472 g/mol. The molecule has 9 nitrogen and oxygen atoms in total. The highest BCUT2D eigenvalue weighted by Crippen LogP contribution is 2.30. The van der Waals surface area contributed by atoms with Crippen molar-refractivity contribution in [3.8, 4) is 16.6 Å². The maximum atomic E-state index is 9.01. The van der Waals surface area contributed by atoms with Gasteiger partial charge in [-0.25, -0.2) is 15.0 Å². The fraction of sp³-hybridized carbons (Fsp3) is 0.522. The highest BCUT2D eigenvalue weighted by Gasteiger charge is 2.13. The second-order valence-electron chi connectivity index (χ2n) is 8.11. The third kappa shape index (κ3) is 7.99. The number of aromatic nitrogens is 5. The van der Waals surface area contributed by atoms with Crippen molar-refractivity contribution in [2.45, 2.75) is 59.1 Å². The summed E-state index contributed by atoms with van der Waals surface area (Å²) in [5, 5.41) is 12.9. The number of hydrogen-bond donors (Lipinski definition) is 2. The first-order valence-corrected chi connectivity index (χ1v) is 12.1. The molecule has 2 N–H and O–H groups in total. The number of hydrogen-bond acceptors (Lipinski definition) is 10. The Morgan fingerprint density at radius 1 is 1.15 bits per heavy atom. The highest BCUT2D eigenvalue weighted by atomic mass is 32.1. The molecule has 178 valence electrons. The van der Waals surface area contributed by atoms with Gasteiger partial charge in [-0.15, -0.1) is 0 Å². The molecule has 3 aromatic rings. The van der Waals surface area contributed by atoms with Crippen molar-refractivity contribution in [2.24, 2.45) is 0 Å². The second kappa shape index (κ2) is 12.5. The van der Waals surface area contributed by atoms with E-state index in [-0.39, 0.29) is 12.7 Å². The molecule has 0 bridgehead atoms. The molecule has 1 unspecified atom stereocenters. The molecule has 0 fully saturated rings. The van der Waals surface area contributed by atoms with E-state index in [0.29, 0.717) is 30.0 Å². The summed E-state index contributed by atoms with van der Waals surface area (Å²) < 4.78 is 5.97. The van der Waals surface area contributed by atoms with Gasteiger partial charge in [-0.3, -0.25) is 9.88 Å². The standard InChI is InChI=1S/C23H33N7O2S/c1-5-6-7-8-17(3)32-22-27-16(2)11-19(28-22)20-13-26-23(33-20)29-21-14-24-18(12-25-21)15-30(4)9-10-31/h11-14,17,31H,5-10,15H2,1-4H3,(H,25,26,29). The molecule has 0 saturated heterocycles. The van der Waals surface area contributed by atoms with Gasteiger partial charge in [0.05, 0.1) is 41.4 Å². The number of aliphatic hydroxyl groups excluding tert-OH is 1. The lowest BCUT2D eigenvalue weighted by molar-refractivity contribution is 0.189. The van der Waals surface area contributed by atoms with E-state index in [2.05, 4.69) is 44.1 Å². The van der Waals surface area contributed by atoms with Crippen LogP contribution in [-0.2, 0) is 6.54 Å². The number of ether oxygens (including phenoxy) is 1. The first-order valence-electron chi connectivity index (χ1n) is 11.3. The lowest BCUT2D eigenvalue weighted by Gasteiger charge is -2.14. The van der Waals surface area contributed by atoms with Crippen LogP contribution in [0.1, 0.15) is 50.9 Å². The van der Waals surface area contributed by atoms with Crippen LogP contribution >= 0.6 is 11.3 Å². The zero-order chi connectivity index (χ0) is 23.6. The maximum absolute atomic E-state index is 9.01. The second-order valence-corrected chi connectivity index (χ2v) is 9.14. The van der Waals surface area contributed by atoms with Gasteiger partial charge in [0, 0.05) is 25.0 Å². The van der Waals surface area contributed by atoms with Gasteiger partial charge < -0.3 is 15.2 Å². The molecule has 0 saturated carbocycles. The molecule has 33 heavy (non-hydrogen) atoms. The van der Waals surface area contributed by atoms with Gasteiger partial charge in [0.25, 0.3) is 0 Å². The van der Waals surface area contributed by atoms with Gasteiger partial charge in [0.15, 0.2) is 10.9 Å². The number of rotatable bonds is 13. The Kier molecular flexibility index (Phi) is 9.47. The predicted molar refractivity (Wildman–Crippen MR) is 131 cm³/mol. The number of unbranched alkanes of at least 4 members (excludes halogenated alkanes) is 2. The van der Waals surface area contributed by atoms with E-state index in [1.165, 1.54) is 24.2 Å². The zero-order valence-electron chi connectivity index (χ0n) is 19.8. The molecule has 0 aliphatic heterocycles. The van der Waals surface area contributed by atoms with Gasteiger partial charge in [-0.1, -0.05) is 31.1 Å². The molecule has 3 heterocycles. The largest absolute Gasteiger partial charge is 0.460 e. The summed E-state index contributed by atoms with van der Waals surface area (Å²) in [6, 6.07) is 2.34. The Labute approximate surface area is 199 Å². The SMILES string of the molecule is CCCCCC(C)Oc1nc(C)cc(-c2cnc(Nc3cnc(CN(C)CCO)cn3)s2)n1. The zero-order valence-corrected chi connectivity index (χ0v) is 20.6. The van der Waals surface area contributed by atoms with Gasteiger partial charge in [0.1, 0.15) is 0 Å². The van der Waals surface area contributed by atoms with Crippen LogP contribution in [0.15, 0.2) is 24.7 Å². The quantitative estimate of drug-likeness (QED) is 0.354. The van der Waals surface area contributed by atoms with E-state index in [1.54, 1.807) is 18.6 Å². The van der Waals surface area contributed by atoms with Gasteiger partial charge in [-0.2, -0.15) is 4.98 Å². The first kappa shape index (κ1) is 24.9. The smallest absolute Gasteiger partial charge is 0.317 e. The van der Waals surface area contributed by atoms with Crippen molar-refractivity contribution in [3.63, 3.8) is 0 Å². The van der Waals surface area contributed by atoms with E-state index in [1.807, 2.05) is 24.9 Å². The van der Waals surface area contributed by atoms with Crippen LogP contribution in [0.4, 0.5) is 10.9 Å². The maximum Gasteiger partial charge on any atom is 0.317 e. The molecule has 0 spiro atoms. The molecular formula is C23H33N7O2S. The number of nitrogens with one attached hydrogen (secondary N) is 1. The molecular weight excluding hydrogens is 438 g/mol. The molecule has 3 rings (SSSR count). The van der Waals surface area contributed by atoms with Crippen molar-refractivity contribution in [1.82, 2.24) is 29.8 Å². The van der Waals surface area contributed by atoms with E-state index in [9.17, 15) is 0 Å². The van der Waals surface area contributed by atoms with Crippen LogP contribution in [0, 0.1) is 6.92 Å². The normalized spacial score (nSPS) is 12.2. The third-order valence-electron chi connectivity index (χ3n) is 4.97. The molecule has 10 heteroatoms. The van der Waals surface area contributed by atoms with Crippen LogP contribution in [0.5, 0.6) is 6.01 Å². The molecule has 0 aliphatic carbocycles. The summed E-state index contributed by atoms with van der Waals surface area (Å²) in [5.41, 5.74) is 2.48. The molecule has 0 amide bonds. The third-order valence-corrected chi connectivity index (χ3v) is 5.90. The van der Waals surface area contributed by atoms with Crippen molar-refractivity contribution in [2.75, 3.05) is 25.5 Å². The summed E-state index contributed by atoms with van der Waals surface area (Å²) in [4.78, 5) is 25.3. The lowest BCUT2D eigenvalue weighted by atomic mass is 10.1. The lowest BCUT2D eigenvalue weighted by Crippen LogP contribution is -2.22. The Balaban J connectivity index is 1.63. The van der Waals surface area contributed by atoms with E-state index < -0.39 is 0 Å². The van der Waals surface area contributed by atoms with Crippen LogP contribution in [0.25, 0.3) is 10.6 Å². The molecule has 0 radical (unpaired) electrons. The number of nitrogens with zero attached hydrogens (tertiary/aromatic N) is 6. The topological polar surface area (TPSA) is 109 Å². The average Bonchev–Trinajstić information content (AvgIpc) is 3.24. The van der Waals surface area contributed by atoms with E-state index >= 15 is 0 Å². The summed E-state index contributed by atoms with van der Waals surface area (Å²) in [6.45, 7) is 7.54. The molecule has 0 aromatic carbocycles. The summed E-state index contributed by atoms with van der Waals surface area (Å²) >= 11 is 1.48. The van der Waals surface area contributed by atoms with Crippen molar-refractivity contribution < 1.29 is 9.84 Å². The summed E-state index contributed by atoms with van der Waals surface area (Å²) in [7, 11) is 1.93. The van der Waals surface area contributed by atoms with Crippen LogP contribution < -0.4 is 10.1 Å². The Morgan fingerprint density at radius 2 is 2.00 bits per heavy atom. The van der Waals surface area contributed by atoms with Gasteiger partial charge >= 0.3 is 6.01 Å². The minimum Gasteiger partial charge on any atom is -0.460 e. The van der Waals surface area contributed by atoms with E-state index in [0.717, 1.165) is 34.8 Å². The Morgan fingerprint density at radius 3 is 2.73 bits per heavy atom. The van der Waals surface area contributed by atoms with E-state index in [4.69, 9.17) is 9.84 Å². The number of likely N-dealkylation sites (N-methyl/N-ethyl adjacent to an activating group) is 1. The van der Waals surface area contributed by atoms with Crippen LogP contribution in [-0.4, -0.2) is 61.2 Å². The fourth-order valence-corrected chi connectivity index (χ4v) is 4.01. The van der Waals surface area contributed by atoms with Crippen molar-refractivity contribution >= 4 is 22.3 Å². The Bertz CT molecular complexity index is 997. The number of aryl methyl sites for hydroxylation is 1. The van der Waals surface area contributed by atoms with Gasteiger partial charge in [0.2, 0.25) is 0 Å². The van der Waals surface area contributed by atoms with Crippen LogP contribution in [0.2, 0.25) is 0 Å². The molecule has 1 atom stereocenters. The highest BCUT2D eigenvalue weighted by molar-refractivity contribution is 7.18. The molecule has 3 aromatic heterocycles.